The lowest BCUT2D eigenvalue weighted by molar-refractivity contribution is 0.0382. The smallest absolute Gasteiger partial charge is 0.289 e. The first-order chi connectivity index (χ1) is 11.2. The van der Waals surface area contributed by atoms with E-state index in [0.717, 1.165) is 38.4 Å². The van der Waals surface area contributed by atoms with Gasteiger partial charge >= 0.3 is 0 Å². The number of ether oxygens (including phenoxy) is 1. The number of benzene rings is 1. The highest BCUT2D eigenvalue weighted by Crippen LogP contribution is 2.19. The maximum atomic E-state index is 12.1. The van der Waals surface area contributed by atoms with Gasteiger partial charge in [0.2, 0.25) is 5.76 Å². The average Bonchev–Trinajstić information content (AvgIpc) is 3.06. The fourth-order valence-electron chi connectivity index (χ4n) is 2.48. The number of hydrogen-bond donors (Lipinski definition) is 1. The summed E-state index contributed by atoms with van der Waals surface area (Å²) in [6, 6.07) is 9.62. The van der Waals surface area contributed by atoms with Gasteiger partial charge in [-0.2, -0.15) is 0 Å². The van der Waals surface area contributed by atoms with E-state index in [9.17, 15) is 4.79 Å². The van der Waals surface area contributed by atoms with Crippen molar-refractivity contribution in [3.8, 4) is 11.3 Å². The molecule has 1 saturated heterocycles. The van der Waals surface area contributed by atoms with Gasteiger partial charge in [-0.3, -0.25) is 9.69 Å². The van der Waals surface area contributed by atoms with E-state index < -0.39 is 0 Å². The SMILES string of the molecule is Cc1ccc(-c2cc(C(=O)NCCN3CCOCC3)on2)cc1. The second-order valence-electron chi connectivity index (χ2n) is 5.65. The normalized spacial score (nSPS) is 15.5. The van der Waals surface area contributed by atoms with E-state index in [4.69, 9.17) is 9.26 Å². The Balaban J connectivity index is 1.52. The van der Waals surface area contributed by atoms with Crippen LogP contribution >= 0.6 is 0 Å². The summed E-state index contributed by atoms with van der Waals surface area (Å²) in [6.45, 7) is 6.77. The van der Waals surface area contributed by atoms with Crippen molar-refractivity contribution in [3.05, 3.63) is 41.7 Å². The molecule has 1 N–H and O–H groups in total. The number of nitrogens with one attached hydrogen (secondary N) is 1. The molecule has 3 rings (SSSR count). The molecule has 1 aliphatic rings. The third kappa shape index (κ3) is 4.18. The summed E-state index contributed by atoms with van der Waals surface area (Å²) in [7, 11) is 0. The number of hydrogen-bond acceptors (Lipinski definition) is 5. The summed E-state index contributed by atoms with van der Waals surface area (Å²) >= 11 is 0. The van der Waals surface area contributed by atoms with Gasteiger partial charge in [-0.1, -0.05) is 35.0 Å². The van der Waals surface area contributed by atoms with E-state index in [1.165, 1.54) is 5.56 Å². The standard InChI is InChI=1S/C17H21N3O3/c1-13-2-4-14(5-3-13)15-12-16(23-19-15)17(21)18-6-7-20-8-10-22-11-9-20/h2-5,12H,6-11H2,1H3,(H,18,21). The summed E-state index contributed by atoms with van der Waals surface area (Å²) in [6.07, 6.45) is 0. The van der Waals surface area contributed by atoms with Crippen LogP contribution in [0.15, 0.2) is 34.9 Å². The van der Waals surface area contributed by atoms with Crippen LogP contribution in [-0.4, -0.2) is 55.4 Å². The third-order valence-electron chi connectivity index (χ3n) is 3.90. The van der Waals surface area contributed by atoms with Gasteiger partial charge in [0, 0.05) is 37.8 Å². The first-order valence-corrected chi connectivity index (χ1v) is 7.84. The Bertz CT molecular complexity index is 645. The van der Waals surface area contributed by atoms with Crippen LogP contribution in [0.25, 0.3) is 11.3 Å². The second kappa shape index (κ2) is 7.39. The van der Waals surface area contributed by atoms with Gasteiger partial charge in [-0.15, -0.1) is 0 Å². The molecular formula is C17H21N3O3. The molecule has 1 aliphatic heterocycles. The number of nitrogens with zero attached hydrogens (tertiary/aromatic N) is 2. The van der Waals surface area contributed by atoms with E-state index in [1.807, 2.05) is 31.2 Å². The second-order valence-corrected chi connectivity index (χ2v) is 5.65. The zero-order chi connectivity index (χ0) is 16.1. The summed E-state index contributed by atoms with van der Waals surface area (Å²) in [4.78, 5) is 14.4. The van der Waals surface area contributed by atoms with Crippen molar-refractivity contribution >= 4 is 5.91 Å². The molecule has 6 heteroatoms. The molecule has 1 aromatic carbocycles. The number of carbonyl (C=O) groups excluding carboxylic acids is 1. The summed E-state index contributed by atoms with van der Waals surface area (Å²) in [5.74, 6) is 0.00618. The Labute approximate surface area is 135 Å². The lowest BCUT2D eigenvalue weighted by atomic mass is 10.1. The highest BCUT2D eigenvalue weighted by molar-refractivity contribution is 5.92. The van der Waals surface area contributed by atoms with Gasteiger partial charge in [-0.05, 0) is 6.92 Å². The van der Waals surface area contributed by atoms with Crippen molar-refractivity contribution in [1.29, 1.82) is 0 Å². The van der Waals surface area contributed by atoms with Crippen LogP contribution in [0.1, 0.15) is 16.1 Å². The molecule has 2 heterocycles. The Morgan fingerprint density at radius 2 is 2.00 bits per heavy atom. The zero-order valence-corrected chi connectivity index (χ0v) is 13.2. The molecule has 0 unspecified atom stereocenters. The van der Waals surface area contributed by atoms with Crippen molar-refractivity contribution in [2.75, 3.05) is 39.4 Å². The van der Waals surface area contributed by atoms with E-state index in [0.29, 0.717) is 12.2 Å². The van der Waals surface area contributed by atoms with Gasteiger partial charge in [0.05, 0.1) is 13.2 Å². The van der Waals surface area contributed by atoms with Crippen LogP contribution in [0, 0.1) is 6.92 Å². The van der Waals surface area contributed by atoms with Crippen LogP contribution in [0.2, 0.25) is 0 Å². The quantitative estimate of drug-likeness (QED) is 0.910. The van der Waals surface area contributed by atoms with Crippen molar-refractivity contribution in [1.82, 2.24) is 15.4 Å². The molecule has 0 spiro atoms. The minimum Gasteiger partial charge on any atom is -0.379 e. The van der Waals surface area contributed by atoms with E-state index in [1.54, 1.807) is 6.07 Å². The number of rotatable bonds is 5. The van der Waals surface area contributed by atoms with Crippen LogP contribution in [-0.2, 0) is 4.74 Å². The minimum absolute atomic E-state index is 0.232. The molecule has 1 fully saturated rings. The molecule has 122 valence electrons. The van der Waals surface area contributed by atoms with E-state index in [2.05, 4.69) is 15.4 Å². The van der Waals surface area contributed by atoms with E-state index >= 15 is 0 Å². The molecule has 0 saturated carbocycles. The molecule has 1 aromatic heterocycles. The third-order valence-corrected chi connectivity index (χ3v) is 3.90. The number of aryl methyl sites for hydroxylation is 1. The summed E-state index contributed by atoms with van der Waals surface area (Å²) in [5.41, 5.74) is 2.79. The predicted octanol–water partition coefficient (Wildman–Crippen LogP) is 1.71. The largest absolute Gasteiger partial charge is 0.379 e. The highest BCUT2D eigenvalue weighted by atomic mass is 16.5. The number of carbonyl (C=O) groups is 1. The topological polar surface area (TPSA) is 67.6 Å². The molecule has 0 radical (unpaired) electrons. The fourth-order valence-corrected chi connectivity index (χ4v) is 2.48. The lowest BCUT2D eigenvalue weighted by Gasteiger charge is -2.26. The molecular weight excluding hydrogens is 294 g/mol. The van der Waals surface area contributed by atoms with Gasteiger partial charge < -0.3 is 14.6 Å². The Hall–Kier alpha value is -2.18. The van der Waals surface area contributed by atoms with Crippen molar-refractivity contribution in [2.45, 2.75) is 6.92 Å². The number of aromatic nitrogens is 1. The monoisotopic (exact) mass is 315 g/mol. The van der Waals surface area contributed by atoms with Crippen LogP contribution in [0.5, 0.6) is 0 Å². The average molecular weight is 315 g/mol. The van der Waals surface area contributed by atoms with Gasteiger partial charge in [0.15, 0.2) is 0 Å². The van der Waals surface area contributed by atoms with E-state index in [-0.39, 0.29) is 11.7 Å². The zero-order valence-electron chi connectivity index (χ0n) is 13.2. The Kier molecular flexibility index (Phi) is 5.05. The maximum absolute atomic E-state index is 12.1. The van der Waals surface area contributed by atoms with Crippen LogP contribution in [0.3, 0.4) is 0 Å². The Morgan fingerprint density at radius 3 is 2.74 bits per heavy atom. The van der Waals surface area contributed by atoms with Crippen molar-refractivity contribution < 1.29 is 14.1 Å². The van der Waals surface area contributed by atoms with Gasteiger partial charge in [0.1, 0.15) is 5.69 Å². The first kappa shape index (κ1) is 15.7. The Morgan fingerprint density at radius 1 is 1.26 bits per heavy atom. The van der Waals surface area contributed by atoms with Crippen LogP contribution in [0.4, 0.5) is 0 Å². The number of morpholine rings is 1. The molecule has 0 bridgehead atoms. The first-order valence-electron chi connectivity index (χ1n) is 7.84. The minimum atomic E-state index is -0.232. The fraction of sp³-hybridized carbons (Fsp3) is 0.412. The summed E-state index contributed by atoms with van der Waals surface area (Å²) in [5, 5.41) is 6.84. The number of amides is 1. The highest BCUT2D eigenvalue weighted by Gasteiger charge is 2.15. The summed E-state index contributed by atoms with van der Waals surface area (Å²) < 4.78 is 10.5. The van der Waals surface area contributed by atoms with Gasteiger partial charge in [-0.25, -0.2) is 0 Å². The molecule has 6 nitrogen and oxygen atoms in total. The van der Waals surface area contributed by atoms with Crippen LogP contribution < -0.4 is 5.32 Å². The van der Waals surface area contributed by atoms with Gasteiger partial charge in [0.25, 0.3) is 5.91 Å². The lowest BCUT2D eigenvalue weighted by Crippen LogP contribution is -2.41. The molecule has 0 aliphatic carbocycles. The molecule has 2 aromatic rings. The molecule has 0 atom stereocenters. The molecule has 1 amide bonds. The predicted molar refractivity (Wildman–Crippen MR) is 86.3 cm³/mol. The molecule has 23 heavy (non-hydrogen) atoms. The van der Waals surface area contributed by atoms with Crippen molar-refractivity contribution in [3.63, 3.8) is 0 Å². The van der Waals surface area contributed by atoms with Crippen molar-refractivity contribution in [2.24, 2.45) is 0 Å². The maximum Gasteiger partial charge on any atom is 0.289 e.